The van der Waals surface area contributed by atoms with Gasteiger partial charge in [0.25, 0.3) is 0 Å². The lowest BCUT2D eigenvalue weighted by Crippen LogP contribution is -2.11. The lowest BCUT2D eigenvalue weighted by Gasteiger charge is -2.04. The number of rotatable bonds is 6. The van der Waals surface area contributed by atoms with Crippen LogP contribution in [0.5, 0.6) is 11.5 Å². The summed E-state index contributed by atoms with van der Waals surface area (Å²) in [6, 6.07) is 15.2. The topological polar surface area (TPSA) is 48.4 Å². The number of carbonyl (C=O) groups excluding carboxylic acids is 1. The molecule has 0 N–H and O–H groups in total. The first-order valence-corrected chi connectivity index (χ1v) is 9.63. The van der Waals surface area contributed by atoms with Gasteiger partial charge >= 0.3 is 5.97 Å². The molecule has 0 aliphatic carbocycles. The van der Waals surface area contributed by atoms with Crippen LogP contribution in [0.1, 0.15) is 16.3 Å². The molecule has 2 aromatic carbocycles. The molecule has 0 bridgehead atoms. The number of carbonyl (C=O) groups is 1. The number of thiazole rings is 1. The molecular formula is C19H16INO3S. The highest BCUT2D eigenvalue weighted by Gasteiger charge is 2.10. The van der Waals surface area contributed by atoms with Crippen molar-refractivity contribution in [3.63, 3.8) is 0 Å². The Morgan fingerprint density at radius 3 is 2.48 bits per heavy atom. The number of aryl methyl sites for hydroxylation is 1. The third-order valence-electron chi connectivity index (χ3n) is 3.35. The van der Waals surface area contributed by atoms with E-state index in [0.29, 0.717) is 18.1 Å². The van der Waals surface area contributed by atoms with Crippen LogP contribution in [0.2, 0.25) is 0 Å². The molecule has 0 amide bonds. The van der Waals surface area contributed by atoms with E-state index in [-0.39, 0.29) is 12.4 Å². The van der Waals surface area contributed by atoms with Crippen molar-refractivity contribution < 1.29 is 14.3 Å². The van der Waals surface area contributed by atoms with Crippen LogP contribution in [-0.4, -0.2) is 11.0 Å². The first-order valence-electron chi connectivity index (χ1n) is 7.67. The molecule has 1 aromatic heterocycles. The zero-order valence-electron chi connectivity index (χ0n) is 13.6. The lowest BCUT2D eigenvalue weighted by molar-refractivity contribution is -0.133. The van der Waals surface area contributed by atoms with Crippen LogP contribution >= 0.6 is 33.9 Å². The number of aromatic nitrogens is 1. The van der Waals surface area contributed by atoms with Crippen molar-refractivity contribution in [2.45, 2.75) is 20.0 Å². The van der Waals surface area contributed by atoms with Gasteiger partial charge in [-0.25, -0.2) is 4.98 Å². The van der Waals surface area contributed by atoms with Crippen molar-refractivity contribution in [1.82, 2.24) is 4.98 Å². The molecular weight excluding hydrogens is 449 g/mol. The van der Waals surface area contributed by atoms with Gasteiger partial charge in [0.15, 0.2) is 0 Å². The van der Waals surface area contributed by atoms with Crippen LogP contribution in [0.25, 0.3) is 0 Å². The van der Waals surface area contributed by atoms with Crippen molar-refractivity contribution in [3.8, 4) is 11.5 Å². The fourth-order valence-electron chi connectivity index (χ4n) is 2.09. The van der Waals surface area contributed by atoms with Crippen molar-refractivity contribution in [2.75, 3.05) is 0 Å². The Labute approximate surface area is 164 Å². The van der Waals surface area contributed by atoms with Crippen molar-refractivity contribution in [2.24, 2.45) is 0 Å². The molecule has 0 atom stereocenters. The van der Waals surface area contributed by atoms with Gasteiger partial charge in [-0.1, -0.05) is 17.7 Å². The Kier molecular flexibility index (Phi) is 6.04. The highest BCUT2D eigenvalue weighted by molar-refractivity contribution is 14.1. The smallest absolute Gasteiger partial charge is 0.317 e. The summed E-state index contributed by atoms with van der Waals surface area (Å²) in [6.45, 7) is 2.42. The number of nitrogens with zero attached hydrogens (tertiary/aromatic N) is 1. The van der Waals surface area contributed by atoms with Crippen LogP contribution in [0, 0.1) is 10.5 Å². The highest BCUT2D eigenvalue weighted by atomic mass is 127. The van der Waals surface area contributed by atoms with Crippen molar-refractivity contribution in [3.05, 3.63) is 73.7 Å². The molecule has 0 aliphatic rings. The van der Waals surface area contributed by atoms with E-state index >= 15 is 0 Å². The summed E-state index contributed by atoms with van der Waals surface area (Å²) in [7, 11) is 0. The number of esters is 1. The molecule has 4 nitrogen and oxygen atoms in total. The number of halogens is 1. The van der Waals surface area contributed by atoms with Gasteiger partial charge in [-0.15, -0.1) is 11.3 Å². The largest absolute Gasteiger partial charge is 0.486 e. The third-order valence-corrected chi connectivity index (χ3v) is 4.94. The predicted octanol–water partition coefficient (Wildman–Crippen LogP) is 4.78. The predicted molar refractivity (Wildman–Crippen MR) is 106 cm³/mol. The standard InChI is InChI=1S/C19H16INO3S/c1-13-2-6-16(7-3-13)23-11-18-21-15(12-25-18)10-19(22)24-17-8-4-14(20)5-9-17/h2-9,12H,10-11H2,1H3. The van der Waals surface area contributed by atoms with Gasteiger partial charge in [-0.05, 0) is 65.9 Å². The summed E-state index contributed by atoms with van der Waals surface area (Å²) in [5.41, 5.74) is 1.89. The Hall–Kier alpha value is -1.93. The maximum absolute atomic E-state index is 12.0. The summed E-state index contributed by atoms with van der Waals surface area (Å²) in [6.07, 6.45) is 0.146. The van der Waals surface area contributed by atoms with Crippen LogP contribution in [0.3, 0.4) is 0 Å². The maximum atomic E-state index is 12.0. The molecule has 0 unspecified atom stereocenters. The van der Waals surface area contributed by atoms with Crippen LogP contribution in [0.4, 0.5) is 0 Å². The monoisotopic (exact) mass is 465 g/mol. The fourth-order valence-corrected chi connectivity index (χ4v) is 3.16. The Morgan fingerprint density at radius 2 is 1.76 bits per heavy atom. The van der Waals surface area contributed by atoms with E-state index in [0.717, 1.165) is 14.3 Å². The Bertz CT molecular complexity index is 844. The quantitative estimate of drug-likeness (QED) is 0.299. The van der Waals surface area contributed by atoms with Crippen LogP contribution in [0.15, 0.2) is 53.9 Å². The summed E-state index contributed by atoms with van der Waals surface area (Å²) < 4.78 is 12.1. The van der Waals surface area contributed by atoms with E-state index in [1.807, 2.05) is 48.7 Å². The molecule has 3 aromatic rings. The average molecular weight is 465 g/mol. The zero-order chi connectivity index (χ0) is 17.6. The zero-order valence-corrected chi connectivity index (χ0v) is 16.5. The highest BCUT2D eigenvalue weighted by Crippen LogP contribution is 2.18. The van der Waals surface area contributed by atoms with E-state index in [1.54, 1.807) is 12.1 Å². The second kappa shape index (κ2) is 8.44. The van der Waals surface area contributed by atoms with Gasteiger partial charge < -0.3 is 9.47 Å². The van der Waals surface area contributed by atoms with E-state index in [1.165, 1.54) is 16.9 Å². The number of ether oxygens (including phenoxy) is 2. The minimum absolute atomic E-state index is 0.146. The minimum Gasteiger partial charge on any atom is -0.486 e. The molecule has 0 aliphatic heterocycles. The summed E-state index contributed by atoms with van der Waals surface area (Å²) >= 11 is 3.68. The average Bonchev–Trinajstić information content (AvgIpc) is 3.04. The molecule has 0 radical (unpaired) electrons. The maximum Gasteiger partial charge on any atom is 0.317 e. The van der Waals surface area contributed by atoms with Crippen LogP contribution < -0.4 is 9.47 Å². The summed E-state index contributed by atoms with van der Waals surface area (Å²) in [4.78, 5) is 16.4. The summed E-state index contributed by atoms with van der Waals surface area (Å²) in [5.74, 6) is 1.03. The molecule has 0 saturated heterocycles. The molecule has 3 rings (SSSR count). The Balaban J connectivity index is 1.51. The lowest BCUT2D eigenvalue weighted by atomic mass is 10.2. The van der Waals surface area contributed by atoms with E-state index < -0.39 is 0 Å². The SMILES string of the molecule is Cc1ccc(OCc2nc(CC(=O)Oc3ccc(I)cc3)cs2)cc1. The second-order valence-electron chi connectivity index (χ2n) is 5.44. The van der Waals surface area contributed by atoms with Gasteiger partial charge in [-0.2, -0.15) is 0 Å². The summed E-state index contributed by atoms with van der Waals surface area (Å²) in [5, 5.41) is 2.70. The number of benzene rings is 2. The first-order chi connectivity index (χ1) is 12.1. The Morgan fingerprint density at radius 1 is 1.08 bits per heavy atom. The van der Waals surface area contributed by atoms with Gasteiger partial charge in [0.1, 0.15) is 23.1 Å². The molecule has 25 heavy (non-hydrogen) atoms. The van der Waals surface area contributed by atoms with Crippen molar-refractivity contribution >= 4 is 39.9 Å². The molecule has 6 heteroatoms. The first kappa shape index (κ1) is 17.9. The van der Waals surface area contributed by atoms with E-state index in [9.17, 15) is 4.79 Å². The van der Waals surface area contributed by atoms with Gasteiger partial charge in [0.2, 0.25) is 0 Å². The molecule has 0 spiro atoms. The minimum atomic E-state index is -0.322. The van der Waals surface area contributed by atoms with Gasteiger partial charge in [0.05, 0.1) is 12.1 Å². The van der Waals surface area contributed by atoms with Crippen molar-refractivity contribution in [1.29, 1.82) is 0 Å². The molecule has 0 fully saturated rings. The molecule has 128 valence electrons. The third kappa shape index (κ3) is 5.54. The van der Waals surface area contributed by atoms with E-state index in [2.05, 4.69) is 27.6 Å². The number of hydrogen-bond donors (Lipinski definition) is 0. The van der Waals surface area contributed by atoms with Gasteiger partial charge in [0, 0.05) is 8.95 Å². The fraction of sp³-hybridized carbons (Fsp3) is 0.158. The van der Waals surface area contributed by atoms with Crippen LogP contribution in [-0.2, 0) is 17.8 Å². The molecule has 1 heterocycles. The van der Waals surface area contributed by atoms with Gasteiger partial charge in [-0.3, -0.25) is 4.79 Å². The normalized spacial score (nSPS) is 10.5. The molecule has 0 saturated carbocycles. The number of hydrogen-bond acceptors (Lipinski definition) is 5. The second-order valence-corrected chi connectivity index (χ2v) is 7.63. The van der Waals surface area contributed by atoms with E-state index in [4.69, 9.17) is 9.47 Å².